The molecule has 15 heteroatoms. The van der Waals surface area contributed by atoms with E-state index in [4.69, 9.17) is 23.2 Å². The molecule has 0 saturated heterocycles. The van der Waals surface area contributed by atoms with Gasteiger partial charge >= 0.3 is 0 Å². The Morgan fingerprint density at radius 2 is 1.68 bits per heavy atom. The maximum atomic E-state index is 12.7. The van der Waals surface area contributed by atoms with Crippen molar-refractivity contribution in [3.8, 4) is 0 Å². The molecule has 2 N–H and O–H groups in total. The van der Waals surface area contributed by atoms with E-state index in [1.165, 1.54) is 19.1 Å². The van der Waals surface area contributed by atoms with Gasteiger partial charge in [-0.15, -0.1) is 0 Å². The van der Waals surface area contributed by atoms with Crippen LogP contribution in [0.15, 0.2) is 61.5 Å². The second-order valence-corrected chi connectivity index (χ2v) is 9.82. The first-order valence-electron chi connectivity index (χ1n) is 8.13. The molecule has 0 fully saturated rings. The van der Waals surface area contributed by atoms with Gasteiger partial charge in [0.2, 0.25) is 0 Å². The third kappa shape index (κ3) is 4.92. The average Bonchev–Trinajstić information content (AvgIpc) is 2.95. The third-order valence-corrected chi connectivity index (χ3v) is 6.47. The predicted molar refractivity (Wildman–Crippen MR) is 111 cm³/mol. The molecule has 11 nitrogen and oxygen atoms in total. The van der Waals surface area contributed by atoms with Crippen LogP contribution in [0.2, 0.25) is 10.0 Å². The molecule has 1 aliphatic rings. The van der Waals surface area contributed by atoms with E-state index in [2.05, 4.69) is 15.3 Å². The van der Waals surface area contributed by atoms with Gasteiger partial charge in [0.1, 0.15) is 10.6 Å². The van der Waals surface area contributed by atoms with Crippen molar-refractivity contribution in [3.63, 3.8) is 0 Å². The van der Waals surface area contributed by atoms with Crippen LogP contribution in [0, 0.1) is 0 Å². The van der Waals surface area contributed by atoms with Gasteiger partial charge in [-0.05, 0) is 37.3 Å². The SMILES string of the molecule is CC1=NN(c2cccc(S(=O)(=O)O)c2)C(=O)C1/N=N/c1cc(Cl)c(Cl)cc1S(=O)(=O)O. The molecular formula is C16H12Cl2N4O7S2. The van der Waals surface area contributed by atoms with Crippen LogP contribution in [-0.2, 0) is 25.0 Å². The number of nitrogens with zero attached hydrogens (tertiary/aromatic N) is 4. The highest BCUT2D eigenvalue weighted by molar-refractivity contribution is 7.86. The molecule has 0 aliphatic carbocycles. The highest BCUT2D eigenvalue weighted by atomic mass is 35.5. The average molecular weight is 507 g/mol. The minimum absolute atomic E-state index is 0.0466. The predicted octanol–water partition coefficient (Wildman–Crippen LogP) is 3.36. The number of hydrogen-bond acceptors (Lipinski definition) is 8. The van der Waals surface area contributed by atoms with Crippen molar-refractivity contribution in [2.75, 3.05) is 5.01 Å². The van der Waals surface area contributed by atoms with Crippen molar-refractivity contribution in [2.24, 2.45) is 15.3 Å². The maximum Gasteiger partial charge on any atom is 0.296 e. The number of azo groups is 1. The lowest BCUT2D eigenvalue weighted by Gasteiger charge is -2.13. The van der Waals surface area contributed by atoms with Gasteiger partial charge in [-0.1, -0.05) is 29.3 Å². The van der Waals surface area contributed by atoms with E-state index >= 15 is 0 Å². The standard InChI is InChI=1S/C16H12Cl2N4O7S2/c1-8-15(20-19-13-6-11(17)12(18)7-14(13)31(27,28)29)16(23)22(21-8)9-3-2-4-10(5-9)30(24,25)26/h2-7,15H,1H3,(H,24,25,26)(H,27,28,29)/b20-19+. The smallest absolute Gasteiger partial charge is 0.282 e. The molecule has 2 aromatic rings. The lowest BCUT2D eigenvalue weighted by molar-refractivity contribution is -0.117. The number of halogens is 2. The summed E-state index contributed by atoms with van der Waals surface area (Å²) in [6.45, 7) is 1.45. The Hall–Kier alpha value is -2.42. The van der Waals surface area contributed by atoms with Crippen LogP contribution in [0.1, 0.15) is 6.92 Å². The van der Waals surface area contributed by atoms with Crippen LogP contribution in [0.3, 0.4) is 0 Å². The van der Waals surface area contributed by atoms with Crippen molar-refractivity contribution >= 4 is 66.4 Å². The number of carbonyl (C=O) groups excluding carboxylic acids is 1. The molecule has 0 aromatic heterocycles. The van der Waals surface area contributed by atoms with Gasteiger partial charge in [0, 0.05) is 0 Å². The van der Waals surface area contributed by atoms with Crippen LogP contribution in [0.4, 0.5) is 11.4 Å². The first-order chi connectivity index (χ1) is 14.3. The van der Waals surface area contributed by atoms with E-state index in [1.54, 1.807) is 0 Å². The number of carbonyl (C=O) groups is 1. The summed E-state index contributed by atoms with van der Waals surface area (Å²) < 4.78 is 64.3. The molecule has 2 aromatic carbocycles. The Bertz CT molecular complexity index is 1360. The molecule has 0 spiro atoms. The summed E-state index contributed by atoms with van der Waals surface area (Å²) in [5, 5.41) is 12.2. The Balaban J connectivity index is 1.96. The fraction of sp³-hybridized carbons (Fsp3) is 0.125. The number of anilines is 1. The van der Waals surface area contributed by atoms with Gasteiger partial charge < -0.3 is 0 Å². The molecule has 1 atom stereocenters. The Labute approximate surface area is 186 Å². The zero-order valence-corrected chi connectivity index (χ0v) is 18.5. The molecule has 164 valence electrons. The summed E-state index contributed by atoms with van der Waals surface area (Å²) in [7, 11) is -9.23. The summed E-state index contributed by atoms with van der Waals surface area (Å²) in [5.41, 5.74) is -0.144. The van der Waals surface area contributed by atoms with E-state index in [-0.39, 0.29) is 27.1 Å². The van der Waals surface area contributed by atoms with Crippen molar-refractivity contribution < 1.29 is 30.7 Å². The first-order valence-corrected chi connectivity index (χ1v) is 11.8. The summed E-state index contributed by atoms with van der Waals surface area (Å²) in [4.78, 5) is 11.6. The number of hydrogen-bond donors (Lipinski definition) is 2. The topological polar surface area (TPSA) is 166 Å². The zero-order valence-electron chi connectivity index (χ0n) is 15.3. The number of rotatable bonds is 5. The normalized spacial score (nSPS) is 17.5. The van der Waals surface area contributed by atoms with Gasteiger partial charge in [-0.25, -0.2) is 0 Å². The number of amides is 1. The van der Waals surface area contributed by atoms with Crippen LogP contribution in [0.5, 0.6) is 0 Å². The summed E-state index contributed by atoms with van der Waals surface area (Å²) >= 11 is 11.6. The Morgan fingerprint density at radius 1 is 1.03 bits per heavy atom. The monoisotopic (exact) mass is 506 g/mol. The zero-order chi connectivity index (χ0) is 23.1. The molecule has 1 unspecified atom stereocenters. The summed E-state index contributed by atoms with van der Waals surface area (Å²) in [5.74, 6) is -0.720. The maximum absolute atomic E-state index is 12.7. The molecule has 31 heavy (non-hydrogen) atoms. The molecule has 0 radical (unpaired) electrons. The van der Waals surface area contributed by atoms with Crippen molar-refractivity contribution in [1.82, 2.24) is 0 Å². The number of hydrazone groups is 1. The van der Waals surface area contributed by atoms with Crippen molar-refractivity contribution in [3.05, 3.63) is 46.4 Å². The van der Waals surface area contributed by atoms with E-state index in [1.807, 2.05) is 0 Å². The Morgan fingerprint density at radius 3 is 2.29 bits per heavy atom. The fourth-order valence-corrected chi connectivity index (χ4v) is 4.11. The van der Waals surface area contributed by atoms with E-state index in [0.717, 1.165) is 29.3 Å². The van der Waals surface area contributed by atoms with Crippen molar-refractivity contribution in [2.45, 2.75) is 22.8 Å². The second kappa shape index (κ2) is 8.26. The van der Waals surface area contributed by atoms with Crippen LogP contribution in [0.25, 0.3) is 0 Å². The lowest BCUT2D eigenvalue weighted by atomic mass is 10.2. The summed E-state index contributed by atoms with van der Waals surface area (Å²) in [6, 6.07) is 5.54. The van der Waals surface area contributed by atoms with Gasteiger partial charge in [0.05, 0.1) is 26.3 Å². The molecule has 0 bridgehead atoms. The minimum atomic E-state index is -4.72. The first kappa shape index (κ1) is 23.2. The van der Waals surface area contributed by atoms with Crippen molar-refractivity contribution in [1.29, 1.82) is 0 Å². The molecule has 1 amide bonds. The molecular weight excluding hydrogens is 495 g/mol. The molecule has 3 rings (SSSR count). The quantitative estimate of drug-likeness (QED) is 0.462. The van der Waals surface area contributed by atoms with E-state index in [0.29, 0.717) is 0 Å². The lowest BCUT2D eigenvalue weighted by Crippen LogP contribution is -2.29. The highest BCUT2D eigenvalue weighted by Gasteiger charge is 2.35. The van der Waals surface area contributed by atoms with E-state index in [9.17, 15) is 30.7 Å². The Kier molecular flexibility index (Phi) is 6.19. The molecule has 1 aliphatic heterocycles. The van der Waals surface area contributed by atoms with Gasteiger partial charge in [0.25, 0.3) is 26.1 Å². The molecule has 0 saturated carbocycles. The van der Waals surface area contributed by atoms with Crippen LogP contribution in [-0.4, -0.2) is 43.6 Å². The fourth-order valence-electron chi connectivity index (χ4n) is 2.57. The van der Waals surface area contributed by atoms with Gasteiger partial charge in [0.15, 0.2) is 6.04 Å². The third-order valence-electron chi connectivity index (χ3n) is 4.02. The largest absolute Gasteiger partial charge is 0.296 e. The van der Waals surface area contributed by atoms with Crippen LogP contribution >= 0.6 is 23.2 Å². The van der Waals surface area contributed by atoms with Crippen LogP contribution < -0.4 is 5.01 Å². The minimum Gasteiger partial charge on any atom is -0.282 e. The second-order valence-electron chi connectivity index (χ2n) is 6.19. The van der Waals surface area contributed by atoms with Gasteiger partial charge in [-0.2, -0.15) is 37.2 Å². The van der Waals surface area contributed by atoms with Gasteiger partial charge in [-0.3, -0.25) is 13.9 Å². The number of benzene rings is 2. The highest BCUT2D eigenvalue weighted by Crippen LogP contribution is 2.34. The van der Waals surface area contributed by atoms with E-state index < -0.39 is 42.0 Å². The summed E-state index contributed by atoms with van der Waals surface area (Å²) in [6.07, 6.45) is 0. The molecule has 1 heterocycles.